The van der Waals surface area contributed by atoms with Crippen molar-refractivity contribution in [1.82, 2.24) is 0 Å². The van der Waals surface area contributed by atoms with Crippen LogP contribution in [0.5, 0.6) is 0 Å². The number of hydrogen-bond donors (Lipinski definition) is 1. The number of halogens is 4. The Balaban J connectivity index is 2.09. The molecule has 0 saturated heterocycles. The highest BCUT2D eigenvalue weighted by Gasteiger charge is 2.03. The van der Waals surface area contributed by atoms with Crippen LogP contribution in [0.2, 0.25) is 5.02 Å². The van der Waals surface area contributed by atoms with Gasteiger partial charge in [-0.25, -0.2) is 4.39 Å². The van der Waals surface area contributed by atoms with E-state index in [1.54, 1.807) is 12.1 Å². The minimum Gasteiger partial charge on any atom is -0.381 e. The number of anilines is 1. The monoisotopic (exact) mass is 391 g/mol. The number of rotatable bonds is 3. The van der Waals surface area contributed by atoms with Crippen LogP contribution in [0.25, 0.3) is 0 Å². The largest absolute Gasteiger partial charge is 0.381 e. The van der Waals surface area contributed by atoms with Gasteiger partial charge in [-0.3, -0.25) is 0 Å². The molecule has 0 bridgehead atoms. The molecule has 0 radical (unpaired) electrons. The van der Waals surface area contributed by atoms with Crippen molar-refractivity contribution in [3.05, 3.63) is 61.7 Å². The summed E-state index contributed by atoms with van der Waals surface area (Å²) in [5.41, 5.74) is 1.50. The predicted octanol–water partition coefficient (Wildman–Crippen LogP) is 5.62. The van der Waals surface area contributed by atoms with Crippen molar-refractivity contribution >= 4 is 49.1 Å². The lowest BCUT2D eigenvalue weighted by atomic mass is 10.2. The van der Waals surface area contributed by atoms with Crippen LogP contribution in [0, 0.1) is 5.82 Å². The van der Waals surface area contributed by atoms with Crippen molar-refractivity contribution in [1.29, 1.82) is 0 Å². The maximum atomic E-state index is 13.6. The molecule has 0 spiro atoms. The van der Waals surface area contributed by atoms with E-state index in [1.807, 2.05) is 18.2 Å². The molecule has 2 aromatic carbocycles. The highest BCUT2D eigenvalue weighted by molar-refractivity contribution is 9.10. The minimum atomic E-state index is -0.232. The highest BCUT2D eigenvalue weighted by atomic mass is 79.9. The number of hydrogen-bond acceptors (Lipinski definition) is 1. The molecule has 1 N–H and O–H groups in total. The molecular weight excluding hydrogens is 384 g/mol. The third-order valence-electron chi connectivity index (χ3n) is 2.42. The molecule has 0 saturated carbocycles. The van der Waals surface area contributed by atoms with Crippen molar-refractivity contribution in [2.75, 3.05) is 5.32 Å². The summed E-state index contributed by atoms with van der Waals surface area (Å²) in [6.45, 7) is 0.424. The van der Waals surface area contributed by atoms with Crippen LogP contribution in [-0.2, 0) is 6.54 Å². The van der Waals surface area contributed by atoms with Gasteiger partial charge in [0.2, 0.25) is 0 Å². The third kappa shape index (κ3) is 3.46. The Bertz CT molecular complexity index is 575. The van der Waals surface area contributed by atoms with Crippen LogP contribution in [0.1, 0.15) is 5.56 Å². The maximum Gasteiger partial charge on any atom is 0.129 e. The average molecular weight is 393 g/mol. The fourth-order valence-electron chi connectivity index (χ4n) is 1.47. The number of nitrogens with one attached hydrogen (secondary N) is 1. The summed E-state index contributed by atoms with van der Waals surface area (Å²) in [7, 11) is 0. The van der Waals surface area contributed by atoms with Gasteiger partial charge in [0.15, 0.2) is 0 Å². The Labute approximate surface area is 127 Å². The SMILES string of the molecule is Fc1cc(Br)ccc1CNc1ccc(Cl)c(Br)c1. The Morgan fingerprint density at radius 2 is 1.89 bits per heavy atom. The molecule has 0 amide bonds. The van der Waals surface area contributed by atoms with E-state index in [4.69, 9.17) is 11.6 Å². The van der Waals surface area contributed by atoms with Gasteiger partial charge in [0.25, 0.3) is 0 Å². The van der Waals surface area contributed by atoms with Gasteiger partial charge in [-0.1, -0.05) is 33.6 Å². The van der Waals surface area contributed by atoms with E-state index in [2.05, 4.69) is 37.2 Å². The van der Waals surface area contributed by atoms with Gasteiger partial charge < -0.3 is 5.32 Å². The third-order valence-corrected chi connectivity index (χ3v) is 4.12. The topological polar surface area (TPSA) is 12.0 Å². The fraction of sp³-hybridized carbons (Fsp3) is 0.0769. The summed E-state index contributed by atoms with van der Waals surface area (Å²) in [6, 6.07) is 10.5. The van der Waals surface area contributed by atoms with E-state index < -0.39 is 0 Å². The van der Waals surface area contributed by atoms with Crippen LogP contribution in [-0.4, -0.2) is 0 Å². The molecule has 94 valence electrons. The summed E-state index contributed by atoms with van der Waals surface area (Å²) < 4.78 is 15.1. The molecular formula is C13H9Br2ClFN. The highest BCUT2D eigenvalue weighted by Crippen LogP contribution is 2.26. The molecule has 0 atom stereocenters. The molecule has 0 unspecified atom stereocenters. The van der Waals surface area contributed by atoms with Crippen molar-refractivity contribution in [3.63, 3.8) is 0 Å². The molecule has 0 aromatic heterocycles. The summed E-state index contributed by atoms with van der Waals surface area (Å²) in [4.78, 5) is 0. The quantitative estimate of drug-likeness (QED) is 0.714. The van der Waals surface area contributed by atoms with Crippen LogP contribution in [0.3, 0.4) is 0 Å². The lowest BCUT2D eigenvalue weighted by Gasteiger charge is -2.08. The zero-order valence-electron chi connectivity index (χ0n) is 9.18. The predicted molar refractivity (Wildman–Crippen MR) is 80.6 cm³/mol. The van der Waals surface area contributed by atoms with Gasteiger partial charge in [0.1, 0.15) is 5.82 Å². The first-order valence-electron chi connectivity index (χ1n) is 5.19. The summed E-state index contributed by atoms with van der Waals surface area (Å²) in [6.07, 6.45) is 0. The average Bonchev–Trinajstić information content (AvgIpc) is 2.32. The molecule has 0 aliphatic heterocycles. The lowest BCUT2D eigenvalue weighted by molar-refractivity contribution is 0.612. The van der Waals surface area contributed by atoms with E-state index in [0.29, 0.717) is 17.1 Å². The van der Waals surface area contributed by atoms with Crippen molar-refractivity contribution in [2.45, 2.75) is 6.54 Å². The molecule has 18 heavy (non-hydrogen) atoms. The van der Waals surface area contributed by atoms with Crippen LogP contribution < -0.4 is 5.32 Å². The normalized spacial score (nSPS) is 10.4. The first kappa shape index (κ1) is 13.8. The van der Waals surface area contributed by atoms with E-state index in [1.165, 1.54) is 6.07 Å². The van der Waals surface area contributed by atoms with E-state index in [0.717, 1.165) is 14.6 Å². The van der Waals surface area contributed by atoms with Gasteiger partial charge in [0, 0.05) is 26.7 Å². The zero-order valence-corrected chi connectivity index (χ0v) is 13.1. The Morgan fingerprint density at radius 3 is 2.56 bits per heavy atom. The van der Waals surface area contributed by atoms with Crippen LogP contribution in [0.15, 0.2) is 45.3 Å². The van der Waals surface area contributed by atoms with E-state index in [-0.39, 0.29) is 5.82 Å². The van der Waals surface area contributed by atoms with Gasteiger partial charge >= 0.3 is 0 Å². The molecule has 0 aliphatic rings. The minimum absolute atomic E-state index is 0.232. The maximum absolute atomic E-state index is 13.6. The Kier molecular flexibility index (Phi) is 4.65. The molecule has 2 rings (SSSR count). The van der Waals surface area contributed by atoms with Gasteiger partial charge in [0.05, 0.1) is 5.02 Å². The van der Waals surface area contributed by atoms with Crippen LogP contribution >= 0.6 is 43.5 Å². The first-order valence-corrected chi connectivity index (χ1v) is 7.15. The summed E-state index contributed by atoms with van der Waals surface area (Å²) in [5.74, 6) is -0.232. The second-order valence-electron chi connectivity index (χ2n) is 3.72. The Morgan fingerprint density at radius 1 is 1.11 bits per heavy atom. The zero-order chi connectivity index (χ0) is 13.1. The fourth-order valence-corrected chi connectivity index (χ4v) is 2.30. The summed E-state index contributed by atoms with van der Waals surface area (Å²) >= 11 is 12.5. The van der Waals surface area contributed by atoms with Gasteiger partial charge in [-0.2, -0.15) is 0 Å². The Hall–Kier alpha value is -0.580. The smallest absolute Gasteiger partial charge is 0.129 e. The standard InChI is InChI=1S/C13H9Br2ClFN/c14-9-2-1-8(13(17)5-9)7-18-10-3-4-12(16)11(15)6-10/h1-6,18H,7H2. The van der Waals surface area contributed by atoms with Crippen molar-refractivity contribution in [2.24, 2.45) is 0 Å². The van der Waals surface area contributed by atoms with Crippen molar-refractivity contribution < 1.29 is 4.39 Å². The van der Waals surface area contributed by atoms with Gasteiger partial charge in [-0.15, -0.1) is 0 Å². The van der Waals surface area contributed by atoms with Gasteiger partial charge in [-0.05, 0) is 46.3 Å². The molecule has 0 heterocycles. The van der Waals surface area contributed by atoms with E-state index in [9.17, 15) is 4.39 Å². The van der Waals surface area contributed by atoms with Crippen molar-refractivity contribution in [3.8, 4) is 0 Å². The lowest BCUT2D eigenvalue weighted by Crippen LogP contribution is -2.01. The number of benzene rings is 2. The second-order valence-corrected chi connectivity index (χ2v) is 5.90. The molecule has 1 nitrogen and oxygen atoms in total. The first-order chi connectivity index (χ1) is 8.56. The molecule has 2 aromatic rings. The molecule has 0 fully saturated rings. The molecule has 0 aliphatic carbocycles. The molecule has 5 heteroatoms. The second kappa shape index (κ2) is 6.04. The van der Waals surface area contributed by atoms with E-state index >= 15 is 0 Å². The van der Waals surface area contributed by atoms with Crippen LogP contribution in [0.4, 0.5) is 10.1 Å². The summed E-state index contributed by atoms with van der Waals surface area (Å²) in [5, 5.41) is 3.79.